The van der Waals surface area contributed by atoms with E-state index in [0.29, 0.717) is 30.8 Å². The maximum Gasteiger partial charge on any atom is 0.328 e. The first-order valence-corrected chi connectivity index (χ1v) is 9.94. The number of carbonyl (C=O) groups is 4. The highest BCUT2D eigenvalue weighted by Gasteiger charge is 2.62. The van der Waals surface area contributed by atoms with Crippen LogP contribution in [0.2, 0.25) is 0 Å². The van der Waals surface area contributed by atoms with Crippen molar-refractivity contribution in [2.45, 2.75) is 32.7 Å². The molecule has 160 valence electrons. The number of benzene rings is 1. The third-order valence-corrected chi connectivity index (χ3v) is 6.51. The van der Waals surface area contributed by atoms with Gasteiger partial charge in [0, 0.05) is 25.1 Å². The van der Waals surface area contributed by atoms with Crippen molar-refractivity contribution in [1.29, 1.82) is 0 Å². The Morgan fingerprint density at radius 1 is 1.27 bits per heavy atom. The number of Topliss-reactive ketones (excluding diaryl/α,β-unsaturated/α-hetero) is 1. The minimum atomic E-state index is -1.60. The molecule has 2 saturated heterocycles. The summed E-state index contributed by atoms with van der Waals surface area (Å²) in [6, 6.07) is 1.24. The number of methoxy groups -OCH3 is 1. The zero-order valence-electron chi connectivity index (χ0n) is 17.1. The van der Waals surface area contributed by atoms with E-state index in [1.165, 1.54) is 13.0 Å². The molecule has 9 heteroatoms. The van der Waals surface area contributed by atoms with Crippen molar-refractivity contribution < 1.29 is 28.3 Å². The number of urea groups is 1. The number of barbiturate groups is 1. The number of fused-ring (bicyclic) bond motifs is 4. The van der Waals surface area contributed by atoms with E-state index in [9.17, 15) is 19.2 Å². The third kappa shape index (κ3) is 2.91. The smallest absolute Gasteiger partial charge is 0.328 e. The highest BCUT2D eigenvalue weighted by atomic mass is 19.1. The van der Waals surface area contributed by atoms with Gasteiger partial charge in [0.15, 0.2) is 11.2 Å². The molecule has 1 unspecified atom stereocenters. The van der Waals surface area contributed by atoms with Crippen molar-refractivity contribution in [3.8, 4) is 0 Å². The number of halogens is 1. The van der Waals surface area contributed by atoms with Gasteiger partial charge in [-0.1, -0.05) is 6.92 Å². The number of nitrogens with zero attached hydrogens (tertiary/aromatic N) is 1. The lowest BCUT2D eigenvalue weighted by Crippen LogP contribution is -2.74. The number of rotatable bonds is 3. The molecule has 0 bridgehead atoms. The molecule has 0 saturated carbocycles. The fourth-order valence-corrected chi connectivity index (χ4v) is 5.48. The molecular weight excluding hydrogens is 393 g/mol. The second-order valence-electron chi connectivity index (χ2n) is 8.54. The quantitative estimate of drug-likeness (QED) is 0.569. The number of imide groups is 2. The Balaban J connectivity index is 1.92. The Kier molecular flexibility index (Phi) is 4.88. The topological polar surface area (TPSA) is 105 Å². The molecule has 3 aliphatic heterocycles. The summed E-state index contributed by atoms with van der Waals surface area (Å²) in [5, 5.41) is 4.44. The molecule has 1 spiro atoms. The first-order chi connectivity index (χ1) is 14.2. The summed E-state index contributed by atoms with van der Waals surface area (Å²) in [4.78, 5) is 51.6. The molecule has 2 N–H and O–H groups in total. The van der Waals surface area contributed by atoms with Crippen LogP contribution in [0.15, 0.2) is 12.1 Å². The van der Waals surface area contributed by atoms with Crippen molar-refractivity contribution in [1.82, 2.24) is 10.6 Å². The van der Waals surface area contributed by atoms with Gasteiger partial charge in [-0.2, -0.15) is 0 Å². The highest BCUT2D eigenvalue weighted by Crippen LogP contribution is 2.50. The Bertz CT molecular complexity index is 942. The number of anilines is 1. The van der Waals surface area contributed by atoms with Gasteiger partial charge >= 0.3 is 6.03 Å². The minimum absolute atomic E-state index is 0.0764. The van der Waals surface area contributed by atoms with Gasteiger partial charge in [0.25, 0.3) is 0 Å². The molecule has 0 aliphatic carbocycles. The molecular formula is C21H24FN3O5. The molecule has 8 nitrogen and oxygen atoms in total. The van der Waals surface area contributed by atoms with Crippen molar-refractivity contribution in [2.75, 3.05) is 25.2 Å². The second kappa shape index (κ2) is 7.16. The second-order valence-corrected chi connectivity index (χ2v) is 8.54. The fraction of sp³-hybridized carbons (Fsp3) is 0.524. The summed E-state index contributed by atoms with van der Waals surface area (Å²) in [6.45, 7) is 4.10. The zero-order chi connectivity index (χ0) is 21.8. The Labute approximate surface area is 173 Å². The molecule has 30 heavy (non-hydrogen) atoms. The SMILES string of the molecule is COCC1C[C@@H](C)[C@H]2N(C1)c1c(F)cc(C(C)=O)cc1CC21C(=O)NC(=O)NC1=O. The molecule has 0 radical (unpaired) electrons. The van der Waals surface area contributed by atoms with Crippen molar-refractivity contribution in [3.63, 3.8) is 0 Å². The van der Waals surface area contributed by atoms with Gasteiger partial charge in [-0.05, 0) is 43.4 Å². The Morgan fingerprint density at radius 2 is 1.93 bits per heavy atom. The maximum absolute atomic E-state index is 15.2. The van der Waals surface area contributed by atoms with E-state index >= 15 is 4.39 Å². The van der Waals surface area contributed by atoms with Gasteiger partial charge in [0.1, 0.15) is 5.82 Å². The number of ether oxygens (including phenoxy) is 1. The van der Waals surface area contributed by atoms with E-state index in [1.807, 2.05) is 6.92 Å². The first kappa shape index (κ1) is 20.5. The first-order valence-electron chi connectivity index (χ1n) is 9.94. The maximum atomic E-state index is 15.2. The number of carbonyl (C=O) groups excluding carboxylic acids is 4. The summed E-state index contributed by atoms with van der Waals surface area (Å²) >= 11 is 0. The van der Waals surface area contributed by atoms with Crippen LogP contribution in [-0.4, -0.2) is 49.9 Å². The molecule has 3 atom stereocenters. The van der Waals surface area contributed by atoms with E-state index in [0.717, 1.165) is 0 Å². The van der Waals surface area contributed by atoms with Gasteiger partial charge < -0.3 is 9.64 Å². The van der Waals surface area contributed by atoms with Gasteiger partial charge in [-0.25, -0.2) is 9.18 Å². The van der Waals surface area contributed by atoms with Crippen LogP contribution in [0, 0.1) is 23.1 Å². The Hall–Kier alpha value is -2.81. The number of nitrogens with one attached hydrogen (secondary N) is 2. The van der Waals surface area contributed by atoms with E-state index in [2.05, 4.69) is 10.6 Å². The molecule has 3 heterocycles. The van der Waals surface area contributed by atoms with Gasteiger partial charge in [-0.15, -0.1) is 0 Å². The van der Waals surface area contributed by atoms with Crippen LogP contribution >= 0.6 is 0 Å². The van der Waals surface area contributed by atoms with Crippen molar-refractivity contribution in [3.05, 3.63) is 29.1 Å². The number of amides is 4. The zero-order valence-corrected chi connectivity index (χ0v) is 17.1. The molecule has 1 aromatic rings. The average molecular weight is 417 g/mol. The number of hydrogen-bond donors (Lipinski definition) is 2. The molecule has 1 aromatic carbocycles. The number of hydrogen-bond acceptors (Lipinski definition) is 6. The standard InChI is InChI=1S/C21H24FN3O5/c1-10-4-12(9-30-3)8-25-16-14(5-13(11(2)26)6-15(16)22)7-21(17(10)25)18(27)23-20(29)24-19(21)28/h5-6,10,12,17H,4,7-9H2,1-3H3,(H2,23,24,27,28,29)/t10-,12?,17-/m1/s1. The summed E-state index contributed by atoms with van der Waals surface area (Å²) in [5.74, 6) is -2.33. The Morgan fingerprint density at radius 3 is 2.53 bits per heavy atom. The average Bonchev–Trinajstić information content (AvgIpc) is 2.65. The van der Waals surface area contributed by atoms with Gasteiger partial charge in [0.05, 0.1) is 18.3 Å². The van der Waals surface area contributed by atoms with E-state index in [-0.39, 0.29) is 29.6 Å². The van der Waals surface area contributed by atoms with Crippen LogP contribution in [-0.2, 0) is 20.7 Å². The lowest BCUT2D eigenvalue weighted by atomic mass is 9.62. The van der Waals surface area contributed by atoms with Crippen molar-refractivity contribution in [2.24, 2.45) is 17.3 Å². The summed E-state index contributed by atoms with van der Waals surface area (Å²) < 4.78 is 20.5. The number of ketones is 1. The van der Waals surface area contributed by atoms with Crippen LogP contribution < -0.4 is 15.5 Å². The lowest BCUT2D eigenvalue weighted by molar-refractivity contribution is -0.148. The van der Waals surface area contributed by atoms with Gasteiger partial charge in [-0.3, -0.25) is 25.0 Å². The van der Waals surface area contributed by atoms with Gasteiger partial charge in [0.2, 0.25) is 11.8 Å². The van der Waals surface area contributed by atoms with Crippen molar-refractivity contribution >= 4 is 29.3 Å². The third-order valence-electron chi connectivity index (χ3n) is 6.51. The molecule has 4 amide bonds. The number of piperidine rings is 1. The predicted molar refractivity (Wildman–Crippen MR) is 105 cm³/mol. The van der Waals surface area contributed by atoms with Crippen LogP contribution in [0.25, 0.3) is 0 Å². The van der Waals surface area contributed by atoms with Crippen LogP contribution in [0.3, 0.4) is 0 Å². The van der Waals surface area contributed by atoms with Crippen LogP contribution in [0.5, 0.6) is 0 Å². The predicted octanol–water partition coefficient (Wildman–Crippen LogP) is 1.41. The summed E-state index contributed by atoms with van der Waals surface area (Å²) in [7, 11) is 1.59. The molecule has 0 aromatic heterocycles. The fourth-order valence-electron chi connectivity index (χ4n) is 5.48. The monoisotopic (exact) mass is 417 g/mol. The van der Waals surface area contributed by atoms with E-state index in [1.54, 1.807) is 18.1 Å². The molecule has 2 fully saturated rings. The van der Waals surface area contributed by atoms with Crippen LogP contribution in [0.4, 0.5) is 14.9 Å². The van der Waals surface area contributed by atoms with E-state index < -0.39 is 35.1 Å². The highest BCUT2D eigenvalue weighted by molar-refractivity contribution is 6.20. The molecule has 4 rings (SSSR count). The summed E-state index contributed by atoms with van der Waals surface area (Å²) in [5.41, 5.74) is -0.714. The largest absolute Gasteiger partial charge is 0.384 e. The lowest BCUT2D eigenvalue weighted by Gasteiger charge is -2.56. The van der Waals surface area contributed by atoms with Crippen LogP contribution in [0.1, 0.15) is 36.2 Å². The minimum Gasteiger partial charge on any atom is -0.384 e. The van der Waals surface area contributed by atoms with E-state index in [4.69, 9.17) is 4.74 Å². The normalized spacial score (nSPS) is 27.3. The summed E-state index contributed by atoms with van der Waals surface area (Å²) in [6.07, 6.45) is 0.597. The molecule has 3 aliphatic rings.